The van der Waals surface area contributed by atoms with Crippen molar-refractivity contribution in [3.8, 4) is 0 Å². The third-order valence-electron chi connectivity index (χ3n) is 4.38. The maximum atomic E-state index is 5.92. The monoisotopic (exact) mass is 232 g/mol. The van der Waals surface area contributed by atoms with Crippen molar-refractivity contribution in [1.82, 2.24) is 4.98 Å². The number of hydrogen-bond donors (Lipinski definition) is 1. The number of rotatable bonds is 4. The fourth-order valence-electron chi connectivity index (χ4n) is 3.18. The second-order valence-electron chi connectivity index (χ2n) is 5.40. The van der Waals surface area contributed by atoms with E-state index in [1.165, 1.54) is 37.7 Å². The van der Waals surface area contributed by atoms with Crippen LogP contribution in [-0.2, 0) is 6.42 Å². The fraction of sp³-hybridized carbons (Fsp3) is 0.667. The highest BCUT2D eigenvalue weighted by molar-refractivity contribution is 5.11. The van der Waals surface area contributed by atoms with Gasteiger partial charge in [-0.1, -0.05) is 19.8 Å². The second kappa shape index (κ2) is 6.15. The van der Waals surface area contributed by atoms with Gasteiger partial charge in [0, 0.05) is 12.4 Å². The van der Waals surface area contributed by atoms with Gasteiger partial charge >= 0.3 is 0 Å². The Bertz CT molecular complexity index is 323. The van der Waals surface area contributed by atoms with E-state index in [-0.39, 0.29) is 0 Å². The molecule has 17 heavy (non-hydrogen) atoms. The molecule has 0 spiro atoms. The van der Waals surface area contributed by atoms with Crippen molar-refractivity contribution in [2.24, 2.45) is 23.5 Å². The van der Waals surface area contributed by atoms with E-state index in [0.29, 0.717) is 0 Å². The summed E-state index contributed by atoms with van der Waals surface area (Å²) in [6.07, 6.45) is 10.4. The molecule has 1 aliphatic carbocycles. The molecule has 1 aromatic rings. The van der Waals surface area contributed by atoms with Crippen molar-refractivity contribution < 1.29 is 0 Å². The summed E-state index contributed by atoms with van der Waals surface area (Å²) in [6, 6.07) is 4.28. The lowest BCUT2D eigenvalue weighted by atomic mass is 9.71. The summed E-state index contributed by atoms with van der Waals surface area (Å²) >= 11 is 0. The molecule has 0 amide bonds. The average Bonchev–Trinajstić information content (AvgIpc) is 2.40. The van der Waals surface area contributed by atoms with E-state index in [2.05, 4.69) is 24.0 Å². The maximum absolute atomic E-state index is 5.92. The van der Waals surface area contributed by atoms with E-state index in [1.807, 2.05) is 12.4 Å². The number of aromatic nitrogens is 1. The highest BCUT2D eigenvalue weighted by Gasteiger charge is 2.28. The lowest BCUT2D eigenvalue weighted by Gasteiger charge is -2.35. The van der Waals surface area contributed by atoms with Gasteiger partial charge in [0.05, 0.1) is 0 Å². The minimum atomic E-state index is 0.728. The van der Waals surface area contributed by atoms with Gasteiger partial charge in [-0.25, -0.2) is 0 Å². The quantitative estimate of drug-likeness (QED) is 0.866. The molecule has 2 rings (SSSR count). The first kappa shape index (κ1) is 12.6. The van der Waals surface area contributed by atoms with Gasteiger partial charge in [0.15, 0.2) is 0 Å². The molecule has 1 aliphatic rings. The van der Waals surface area contributed by atoms with Crippen molar-refractivity contribution in [3.63, 3.8) is 0 Å². The van der Waals surface area contributed by atoms with Crippen LogP contribution in [0.3, 0.4) is 0 Å². The van der Waals surface area contributed by atoms with Crippen molar-refractivity contribution in [1.29, 1.82) is 0 Å². The number of nitrogens with zero attached hydrogens (tertiary/aromatic N) is 1. The molecule has 1 heterocycles. The molecule has 0 aliphatic heterocycles. The first-order valence-electron chi connectivity index (χ1n) is 6.92. The molecule has 94 valence electrons. The SMILES string of the molecule is CCC1CCC(CN)C(Cc2ccncc2)C1. The Kier molecular flexibility index (Phi) is 4.55. The largest absolute Gasteiger partial charge is 0.330 e. The van der Waals surface area contributed by atoms with Gasteiger partial charge in [-0.2, -0.15) is 0 Å². The average molecular weight is 232 g/mol. The molecule has 3 unspecified atom stereocenters. The van der Waals surface area contributed by atoms with Crippen LogP contribution in [-0.4, -0.2) is 11.5 Å². The standard InChI is InChI=1S/C15H24N2/c1-2-12-3-4-14(11-16)15(9-12)10-13-5-7-17-8-6-13/h5-8,12,14-15H,2-4,9-11,16H2,1H3. The molecule has 1 fully saturated rings. The van der Waals surface area contributed by atoms with Crippen LogP contribution in [0.15, 0.2) is 24.5 Å². The zero-order chi connectivity index (χ0) is 12.1. The van der Waals surface area contributed by atoms with Crippen molar-refractivity contribution in [2.45, 2.75) is 39.0 Å². The van der Waals surface area contributed by atoms with Crippen LogP contribution in [0.4, 0.5) is 0 Å². The van der Waals surface area contributed by atoms with Crippen molar-refractivity contribution in [3.05, 3.63) is 30.1 Å². The summed E-state index contributed by atoms with van der Waals surface area (Å²) in [6.45, 7) is 3.17. The highest BCUT2D eigenvalue weighted by Crippen LogP contribution is 2.36. The lowest BCUT2D eigenvalue weighted by Crippen LogP contribution is -2.31. The van der Waals surface area contributed by atoms with Crippen LogP contribution >= 0.6 is 0 Å². The van der Waals surface area contributed by atoms with Crippen LogP contribution in [0.5, 0.6) is 0 Å². The van der Waals surface area contributed by atoms with E-state index in [1.54, 1.807) is 0 Å². The molecule has 0 bridgehead atoms. The summed E-state index contributed by atoms with van der Waals surface area (Å²) in [4.78, 5) is 4.08. The Labute approximate surface area is 105 Å². The summed E-state index contributed by atoms with van der Waals surface area (Å²) in [5.74, 6) is 2.43. The molecule has 3 atom stereocenters. The van der Waals surface area contributed by atoms with Crippen LogP contribution in [0.25, 0.3) is 0 Å². The van der Waals surface area contributed by atoms with E-state index in [4.69, 9.17) is 5.73 Å². The van der Waals surface area contributed by atoms with Gasteiger partial charge < -0.3 is 5.73 Å². The molecule has 2 nitrogen and oxygen atoms in total. The third-order valence-corrected chi connectivity index (χ3v) is 4.38. The van der Waals surface area contributed by atoms with Crippen LogP contribution in [0.1, 0.15) is 38.2 Å². The summed E-state index contributed by atoms with van der Waals surface area (Å²) < 4.78 is 0. The molecule has 0 radical (unpaired) electrons. The van der Waals surface area contributed by atoms with E-state index in [0.717, 1.165) is 24.3 Å². The third kappa shape index (κ3) is 3.29. The molecular formula is C15H24N2. The van der Waals surface area contributed by atoms with Crippen LogP contribution in [0.2, 0.25) is 0 Å². The molecular weight excluding hydrogens is 208 g/mol. The maximum Gasteiger partial charge on any atom is 0.0270 e. The van der Waals surface area contributed by atoms with Gasteiger partial charge in [-0.3, -0.25) is 4.98 Å². The van der Waals surface area contributed by atoms with Gasteiger partial charge in [-0.15, -0.1) is 0 Å². The van der Waals surface area contributed by atoms with Gasteiger partial charge in [0.2, 0.25) is 0 Å². The molecule has 1 aromatic heterocycles. The number of nitrogens with two attached hydrogens (primary N) is 1. The zero-order valence-electron chi connectivity index (χ0n) is 10.8. The Balaban J connectivity index is 2.00. The normalized spacial score (nSPS) is 29.2. The molecule has 0 aromatic carbocycles. The highest BCUT2D eigenvalue weighted by atomic mass is 14.6. The molecule has 2 heteroatoms. The number of pyridine rings is 1. The fourth-order valence-corrected chi connectivity index (χ4v) is 3.18. The first-order chi connectivity index (χ1) is 8.33. The Morgan fingerprint density at radius 1 is 1.24 bits per heavy atom. The van der Waals surface area contributed by atoms with E-state index >= 15 is 0 Å². The second-order valence-corrected chi connectivity index (χ2v) is 5.40. The number of hydrogen-bond acceptors (Lipinski definition) is 2. The van der Waals surface area contributed by atoms with Gasteiger partial charge in [0.25, 0.3) is 0 Å². The smallest absolute Gasteiger partial charge is 0.0270 e. The van der Waals surface area contributed by atoms with Gasteiger partial charge in [0.1, 0.15) is 0 Å². The van der Waals surface area contributed by atoms with Crippen molar-refractivity contribution >= 4 is 0 Å². The summed E-state index contributed by atoms with van der Waals surface area (Å²) in [5, 5.41) is 0. The predicted molar refractivity (Wildman–Crippen MR) is 71.6 cm³/mol. The first-order valence-corrected chi connectivity index (χ1v) is 6.92. The predicted octanol–water partition coefficient (Wildman–Crippen LogP) is 3.03. The Morgan fingerprint density at radius 3 is 2.65 bits per heavy atom. The molecule has 2 N–H and O–H groups in total. The van der Waals surface area contributed by atoms with Crippen LogP contribution in [0, 0.1) is 17.8 Å². The van der Waals surface area contributed by atoms with Gasteiger partial charge in [-0.05, 0) is 61.3 Å². The lowest BCUT2D eigenvalue weighted by molar-refractivity contribution is 0.180. The summed E-state index contributed by atoms with van der Waals surface area (Å²) in [5.41, 5.74) is 7.34. The zero-order valence-corrected chi connectivity index (χ0v) is 10.8. The van der Waals surface area contributed by atoms with E-state index in [9.17, 15) is 0 Å². The van der Waals surface area contributed by atoms with Crippen LogP contribution < -0.4 is 5.73 Å². The Hall–Kier alpha value is -0.890. The minimum absolute atomic E-state index is 0.728. The van der Waals surface area contributed by atoms with E-state index < -0.39 is 0 Å². The Morgan fingerprint density at radius 2 is 2.00 bits per heavy atom. The van der Waals surface area contributed by atoms with Crippen molar-refractivity contribution in [2.75, 3.05) is 6.54 Å². The molecule has 1 saturated carbocycles. The summed E-state index contributed by atoms with van der Waals surface area (Å²) in [7, 11) is 0. The molecule has 0 saturated heterocycles. The minimum Gasteiger partial charge on any atom is -0.330 e. The topological polar surface area (TPSA) is 38.9 Å².